The van der Waals surface area contributed by atoms with Gasteiger partial charge in [-0.05, 0) is 24.9 Å². The maximum absolute atomic E-state index is 3.17. The average Bonchev–Trinajstić information content (AvgIpc) is 1.64. The minimum absolute atomic E-state index is 0.447. The van der Waals surface area contributed by atoms with Gasteiger partial charge in [0.15, 0.2) is 0 Å². The van der Waals surface area contributed by atoms with Crippen LogP contribution in [0, 0.1) is 11.3 Å². The monoisotopic (exact) mass is 129 g/mol. The predicted molar refractivity (Wildman–Crippen MR) is 42.5 cm³/mol. The van der Waals surface area contributed by atoms with Crippen LogP contribution in [0.4, 0.5) is 0 Å². The van der Waals surface area contributed by atoms with Crippen LogP contribution in [0.3, 0.4) is 0 Å². The van der Waals surface area contributed by atoms with Gasteiger partial charge in [-0.25, -0.2) is 0 Å². The summed E-state index contributed by atoms with van der Waals surface area (Å²) in [4.78, 5) is 0. The highest BCUT2D eigenvalue weighted by atomic mass is 14.8. The first-order valence-electron chi connectivity index (χ1n) is 3.63. The summed E-state index contributed by atoms with van der Waals surface area (Å²) in [7, 11) is 2.00. The third-order valence-corrected chi connectivity index (χ3v) is 1.99. The number of hydrogen-bond acceptors (Lipinski definition) is 1. The molecule has 1 heteroatoms. The van der Waals surface area contributed by atoms with Gasteiger partial charge in [-0.1, -0.05) is 27.7 Å². The van der Waals surface area contributed by atoms with Crippen LogP contribution in [0.2, 0.25) is 0 Å². The summed E-state index contributed by atoms with van der Waals surface area (Å²) >= 11 is 0. The zero-order chi connectivity index (χ0) is 7.49. The fourth-order valence-electron chi connectivity index (χ4n) is 0.612. The summed E-state index contributed by atoms with van der Waals surface area (Å²) in [5.74, 6) is 0.752. The molecule has 0 aromatic heterocycles. The molecule has 0 aromatic carbocycles. The Hall–Kier alpha value is -0.0400. The van der Waals surface area contributed by atoms with Gasteiger partial charge < -0.3 is 5.32 Å². The molecule has 0 rings (SSSR count). The second-order valence-corrected chi connectivity index (χ2v) is 3.82. The fraction of sp³-hybridized carbons (Fsp3) is 1.00. The maximum atomic E-state index is 3.17. The maximum Gasteiger partial charge on any atom is -0.00212 e. The summed E-state index contributed by atoms with van der Waals surface area (Å²) in [6.07, 6.45) is 0. The lowest BCUT2D eigenvalue weighted by molar-refractivity contribution is 0.257. The second kappa shape index (κ2) is 3.21. The van der Waals surface area contributed by atoms with E-state index in [1.165, 1.54) is 0 Å². The van der Waals surface area contributed by atoms with E-state index >= 15 is 0 Å². The van der Waals surface area contributed by atoms with Crippen LogP contribution in [0.5, 0.6) is 0 Å². The summed E-state index contributed by atoms with van der Waals surface area (Å²) in [6.45, 7) is 10.2. The highest BCUT2D eigenvalue weighted by Gasteiger charge is 2.18. The normalized spacial score (nSPS) is 15.7. The molecule has 0 heterocycles. The first kappa shape index (κ1) is 8.96. The molecule has 0 saturated heterocycles. The van der Waals surface area contributed by atoms with Crippen LogP contribution in [0.1, 0.15) is 27.7 Å². The van der Waals surface area contributed by atoms with Crippen molar-refractivity contribution in [3.05, 3.63) is 0 Å². The van der Waals surface area contributed by atoms with E-state index in [0.29, 0.717) is 5.41 Å². The minimum atomic E-state index is 0.447. The van der Waals surface area contributed by atoms with Crippen LogP contribution in [-0.4, -0.2) is 13.6 Å². The largest absolute Gasteiger partial charge is 0.319 e. The van der Waals surface area contributed by atoms with E-state index in [1.54, 1.807) is 0 Å². The van der Waals surface area contributed by atoms with E-state index in [0.717, 1.165) is 12.5 Å². The van der Waals surface area contributed by atoms with E-state index in [2.05, 4.69) is 33.0 Å². The van der Waals surface area contributed by atoms with Crippen molar-refractivity contribution in [2.75, 3.05) is 13.6 Å². The van der Waals surface area contributed by atoms with Crippen LogP contribution in [0.15, 0.2) is 0 Å². The summed E-state index contributed by atoms with van der Waals surface area (Å²) in [5.41, 5.74) is 0.447. The molecule has 0 aliphatic rings. The predicted octanol–water partition coefficient (Wildman–Crippen LogP) is 1.89. The van der Waals surface area contributed by atoms with Crippen LogP contribution in [0.25, 0.3) is 0 Å². The van der Waals surface area contributed by atoms with Crippen molar-refractivity contribution in [3.8, 4) is 0 Å². The second-order valence-electron chi connectivity index (χ2n) is 3.82. The van der Waals surface area contributed by atoms with E-state index in [4.69, 9.17) is 0 Å². The van der Waals surface area contributed by atoms with Crippen molar-refractivity contribution in [2.45, 2.75) is 27.7 Å². The molecular weight excluding hydrogens is 110 g/mol. The van der Waals surface area contributed by atoms with Crippen molar-refractivity contribution in [3.63, 3.8) is 0 Å². The minimum Gasteiger partial charge on any atom is -0.319 e. The lowest BCUT2D eigenvalue weighted by atomic mass is 9.82. The standard InChI is InChI=1S/C8H19N/c1-7(6-9-5)8(2,3)4/h7,9H,6H2,1-5H3. The average molecular weight is 129 g/mol. The Bertz CT molecular complexity index is 71.1. The van der Waals surface area contributed by atoms with Crippen molar-refractivity contribution >= 4 is 0 Å². The van der Waals surface area contributed by atoms with Crippen LogP contribution >= 0.6 is 0 Å². The summed E-state index contributed by atoms with van der Waals surface area (Å²) in [5, 5.41) is 3.17. The molecule has 1 unspecified atom stereocenters. The first-order chi connectivity index (χ1) is 3.98. The van der Waals surface area contributed by atoms with E-state index in [9.17, 15) is 0 Å². The Morgan fingerprint density at radius 1 is 1.33 bits per heavy atom. The van der Waals surface area contributed by atoms with Crippen LogP contribution in [-0.2, 0) is 0 Å². The van der Waals surface area contributed by atoms with Gasteiger partial charge in [0.2, 0.25) is 0 Å². The van der Waals surface area contributed by atoms with E-state index < -0.39 is 0 Å². The molecule has 0 fully saturated rings. The molecule has 0 bridgehead atoms. The highest BCUT2D eigenvalue weighted by molar-refractivity contribution is 4.70. The molecule has 0 amide bonds. The molecular formula is C8H19N. The molecule has 0 radical (unpaired) electrons. The lowest BCUT2D eigenvalue weighted by Gasteiger charge is -2.26. The molecule has 56 valence electrons. The molecule has 0 aliphatic carbocycles. The third-order valence-electron chi connectivity index (χ3n) is 1.99. The Labute approximate surface area is 58.8 Å². The zero-order valence-corrected chi connectivity index (χ0v) is 7.28. The zero-order valence-electron chi connectivity index (χ0n) is 7.28. The SMILES string of the molecule is CNCC(C)C(C)(C)C. The molecule has 0 spiro atoms. The molecule has 0 aromatic rings. The van der Waals surface area contributed by atoms with Gasteiger partial charge in [0.1, 0.15) is 0 Å². The van der Waals surface area contributed by atoms with E-state index in [-0.39, 0.29) is 0 Å². The molecule has 0 aliphatic heterocycles. The Kier molecular flexibility index (Phi) is 3.20. The Morgan fingerprint density at radius 3 is 1.89 bits per heavy atom. The quantitative estimate of drug-likeness (QED) is 0.600. The Morgan fingerprint density at radius 2 is 1.78 bits per heavy atom. The Balaban J connectivity index is 3.59. The van der Waals surface area contributed by atoms with Gasteiger partial charge >= 0.3 is 0 Å². The number of rotatable bonds is 2. The van der Waals surface area contributed by atoms with Gasteiger partial charge in [0.25, 0.3) is 0 Å². The van der Waals surface area contributed by atoms with Crippen molar-refractivity contribution in [1.82, 2.24) is 5.32 Å². The van der Waals surface area contributed by atoms with Gasteiger partial charge in [-0.15, -0.1) is 0 Å². The molecule has 1 nitrogen and oxygen atoms in total. The summed E-state index contributed by atoms with van der Waals surface area (Å²) < 4.78 is 0. The van der Waals surface area contributed by atoms with Crippen molar-refractivity contribution in [1.29, 1.82) is 0 Å². The van der Waals surface area contributed by atoms with Gasteiger partial charge in [0, 0.05) is 0 Å². The number of hydrogen-bond donors (Lipinski definition) is 1. The summed E-state index contributed by atoms with van der Waals surface area (Å²) in [6, 6.07) is 0. The third kappa shape index (κ3) is 3.52. The smallest absolute Gasteiger partial charge is 0.00212 e. The topological polar surface area (TPSA) is 12.0 Å². The molecule has 1 N–H and O–H groups in total. The molecule has 0 saturated carbocycles. The van der Waals surface area contributed by atoms with Gasteiger partial charge in [-0.2, -0.15) is 0 Å². The molecule has 9 heavy (non-hydrogen) atoms. The fourth-order valence-corrected chi connectivity index (χ4v) is 0.612. The van der Waals surface area contributed by atoms with E-state index in [1.807, 2.05) is 7.05 Å². The van der Waals surface area contributed by atoms with Gasteiger partial charge in [-0.3, -0.25) is 0 Å². The first-order valence-corrected chi connectivity index (χ1v) is 3.63. The highest BCUT2D eigenvalue weighted by Crippen LogP contribution is 2.23. The number of nitrogens with one attached hydrogen (secondary N) is 1. The van der Waals surface area contributed by atoms with Gasteiger partial charge in [0.05, 0.1) is 0 Å². The van der Waals surface area contributed by atoms with Crippen molar-refractivity contribution in [2.24, 2.45) is 11.3 Å². The molecule has 1 atom stereocenters. The van der Waals surface area contributed by atoms with Crippen LogP contribution < -0.4 is 5.32 Å². The lowest BCUT2D eigenvalue weighted by Crippen LogP contribution is -2.27. The van der Waals surface area contributed by atoms with Crippen molar-refractivity contribution < 1.29 is 0 Å².